The van der Waals surface area contributed by atoms with Crippen molar-refractivity contribution in [3.05, 3.63) is 52.5 Å². The number of hydrogen-bond donors (Lipinski definition) is 2. The predicted octanol–water partition coefficient (Wildman–Crippen LogP) is 2.89. The first kappa shape index (κ1) is 15.8. The lowest BCUT2D eigenvalue weighted by Gasteiger charge is -2.04. The van der Waals surface area contributed by atoms with Gasteiger partial charge in [0.05, 0.1) is 6.42 Å². The number of carbonyl (C=O) groups excluding carboxylic acids is 1. The van der Waals surface area contributed by atoms with E-state index in [-0.39, 0.29) is 10.6 Å². The van der Waals surface area contributed by atoms with Crippen molar-refractivity contribution in [3.8, 4) is 0 Å². The summed E-state index contributed by atoms with van der Waals surface area (Å²) in [7, 11) is -3.79. The van der Waals surface area contributed by atoms with E-state index < -0.39 is 15.9 Å². The molecule has 2 heterocycles. The topological polar surface area (TPSA) is 79.0 Å². The molecule has 1 amide bonds. The quantitative estimate of drug-likeness (QED) is 0.761. The van der Waals surface area contributed by atoms with Gasteiger partial charge in [-0.15, -0.1) is 11.3 Å². The number of amides is 1. The number of rotatable bonds is 4. The number of aryl methyl sites for hydroxylation is 2. The number of aromatic nitrogens is 1. The van der Waals surface area contributed by atoms with Crippen LogP contribution in [0, 0.1) is 13.8 Å². The summed E-state index contributed by atoms with van der Waals surface area (Å²) in [5, 5.41) is 0.926. The van der Waals surface area contributed by atoms with Crippen LogP contribution in [0.2, 0.25) is 0 Å². The zero-order valence-corrected chi connectivity index (χ0v) is 14.3. The number of benzene rings is 1. The Labute approximate surface area is 138 Å². The molecular formula is C16H16N2O3S2. The first-order chi connectivity index (χ1) is 10.8. The van der Waals surface area contributed by atoms with E-state index in [2.05, 4.69) is 9.71 Å². The van der Waals surface area contributed by atoms with Gasteiger partial charge in [-0.1, -0.05) is 12.1 Å². The van der Waals surface area contributed by atoms with E-state index in [1.165, 1.54) is 6.07 Å². The second-order valence-corrected chi connectivity index (χ2v) is 8.63. The highest BCUT2D eigenvalue weighted by molar-refractivity contribution is 7.92. The summed E-state index contributed by atoms with van der Waals surface area (Å²) < 4.78 is 26.6. The summed E-state index contributed by atoms with van der Waals surface area (Å²) in [6, 6.07) is 9.10. The molecular weight excluding hydrogens is 332 g/mol. The number of fused-ring (bicyclic) bond motifs is 1. The van der Waals surface area contributed by atoms with Crippen molar-refractivity contribution in [1.82, 2.24) is 9.71 Å². The molecule has 0 radical (unpaired) electrons. The number of hydrogen-bond acceptors (Lipinski definition) is 4. The van der Waals surface area contributed by atoms with E-state index in [1.54, 1.807) is 12.3 Å². The van der Waals surface area contributed by atoms with Gasteiger partial charge in [-0.05, 0) is 43.2 Å². The molecule has 2 N–H and O–H groups in total. The highest BCUT2D eigenvalue weighted by atomic mass is 32.2. The van der Waals surface area contributed by atoms with Crippen molar-refractivity contribution in [2.75, 3.05) is 0 Å². The van der Waals surface area contributed by atoms with Crippen LogP contribution in [0.1, 0.15) is 16.0 Å². The van der Waals surface area contributed by atoms with Crippen LogP contribution in [-0.2, 0) is 21.2 Å². The lowest BCUT2D eigenvalue weighted by atomic mass is 10.1. The molecule has 7 heteroatoms. The average molecular weight is 348 g/mol. The third-order valence-corrected chi connectivity index (χ3v) is 6.37. The van der Waals surface area contributed by atoms with E-state index in [4.69, 9.17) is 0 Å². The number of nitrogens with one attached hydrogen (secondary N) is 2. The third-order valence-electron chi connectivity index (χ3n) is 3.50. The van der Waals surface area contributed by atoms with Crippen molar-refractivity contribution < 1.29 is 13.2 Å². The minimum atomic E-state index is -3.79. The molecule has 3 aromatic rings. The second-order valence-electron chi connectivity index (χ2n) is 5.43. The summed E-state index contributed by atoms with van der Waals surface area (Å²) in [6.07, 6.45) is 1.75. The molecule has 3 rings (SSSR count). The van der Waals surface area contributed by atoms with Crippen LogP contribution in [0.15, 0.2) is 40.7 Å². The van der Waals surface area contributed by atoms with Crippen molar-refractivity contribution >= 4 is 38.2 Å². The van der Waals surface area contributed by atoms with Gasteiger partial charge in [-0.2, -0.15) is 0 Å². The Morgan fingerprint density at radius 1 is 1.22 bits per heavy atom. The van der Waals surface area contributed by atoms with Crippen molar-refractivity contribution in [1.29, 1.82) is 0 Å². The van der Waals surface area contributed by atoms with Crippen molar-refractivity contribution in [2.24, 2.45) is 0 Å². The zero-order valence-electron chi connectivity index (χ0n) is 12.7. The van der Waals surface area contributed by atoms with E-state index in [1.807, 2.05) is 32.0 Å². The van der Waals surface area contributed by atoms with E-state index in [0.29, 0.717) is 0 Å². The van der Waals surface area contributed by atoms with E-state index >= 15 is 0 Å². The minimum Gasteiger partial charge on any atom is -0.361 e. The standard InChI is InChI=1S/C16H16N2O3S2/c1-10-3-5-13-12(9-17-14(13)7-10)8-15(19)18-23(20,21)16-6-4-11(2)22-16/h3-7,9,17H,8H2,1-2H3,(H,18,19). The van der Waals surface area contributed by atoms with Gasteiger partial charge in [0, 0.05) is 22.0 Å². The van der Waals surface area contributed by atoms with Gasteiger partial charge in [0.2, 0.25) is 5.91 Å². The highest BCUT2D eigenvalue weighted by Crippen LogP contribution is 2.22. The van der Waals surface area contributed by atoms with E-state index in [0.717, 1.165) is 38.2 Å². The van der Waals surface area contributed by atoms with Crippen LogP contribution >= 0.6 is 11.3 Å². The van der Waals surface area contributed by atoms with Crippen molar-refractivity contribution in [2.45, 2.75) is 24.5 Å². The molecule has 0 aliphatic rings. The van der Waals surface area contributed by atoms with E-state index in [9.17, 15) is 13.2 Å². The van der Waals surface area contributed by atoms with Crippen LogP contribution < -0.4 is 4.72 Å². The Morgan fingerprint density at radius 2 is 2.00 bits per heavy atom. The molecule has 0 aliphatic carbocycles. The fraction of sp³-hybridized carbons (Fsp3) is 0.188. The van der Waals surface area contributed by atoms with Gasteiger partial charge < -0.3 is 4.98 Å². The van der Waals surface area contributed by atoms with Gasteiger partial charge in [-0.3, -0.25) is 4.79 Å². The summed E-state index contributed by atoms with van der Waals surface area (Å²) in [5.41, 5.74) is 2.82. The Balaban J connectivity index is 1.79. The van der Waals surface area contributed by atoms with Crippen LogP contribution in [0.25, 0.3) is 10.9 Å². The van der Waals surface area contributed by atoms with Gasteiger partial charge >= 0.3 is 0 Å². The molecule has 1 aromatic carbocycles. The molecule has 0 saturated heterocycles. The Bertz CT molecular complexity index is 984. The zero-order chi connectivity index (χ0) is 16.6. The fourth-order valence-electron chi connectivity index (χ4n) is 2.41. The molecule has 0 spiro atoms. The summed E-state index contributed by atoms with van der Waals surface area (Å²) in [5.74, 6) is -0.544. The average Bonchev–Trinajstić information content (AvgIpc) is 3.05. The molecule has 0 saturated carbocycles. The van der Waals surface area contributed by atoms with Gasteiger partial charge in [0.25, 0.3) is 10.0 Å². The minimum absolute atomic E-state index is 0.00660. The molecule has 23 heavy (non-hydrogen) atoms. The normalized spacial score (nSPS) is 11.7. The Morgan fingerprint density at radius 3 is 2.70 bits per heavy atom. The maximum absolute atomic E-state index is 12.2. The number of aromatic amines is 1. The molecule has 0 unspecified atom stereocenters. The fourth-order valence-corrected chi connectivity index (χ4v) is 4.68. The largest absolute Gasteiger partial charge is 0.361 e. The molecule has 0 bridgehead atoms. The number of H-pyrrole nitrogens is 1. The summed E-state index contributed by atoms with van der Waals surface area (Å²) in [6.45, 7) is 3.81. The number of sulfonamides is 1. The Kier molecular flexibility index (Phi) is 3.99. The first-order valence-corrected chi connectivity index (χ1v) is 9.34. The molecule has 0 atom stereocenters. The lowest BCUT2D eigenvalue weighted by Crippen LogP contribution is -2.31. The highest BCUT2D eigenvalue weighted by Gasteiger charge is 2.20. The van der Waals surface area contributed by atoms with Gasteiger partial charge in [-0.25, -0.2) is 13.1 Å². The molecule has 120 valence electrons. The third kappa shape index (κ3) is 3.30. The molecule has 5 nitrogen and oxygen atoms in total. The molecule has 0 fully saturated rings. The smallest absolute Gasteiger partial charge is 0.273 e. The maximum Gasteiger partial charge on any atom is 0.273 e. The maximum atomic E-state index is 12.2. The second kappa shape index (κ2) is 5.82. The van der Waals surface area contributed by atoms with Crippen LogP contribution in [0.4, 0.5) is 0 Å². The van der Waals surface area contributed by atoms with Crippen LogP contribution in [0.3, 0.4) is 0 Å². The SMILES string of the molecule is Cc1ccc2c(CC(=O)NS(=O)(=O)c3ccc(C)s3)c[nH]c2c1. The molecule has 2 aromatic heterocycles. The number of carbonyl (C=O) groups is 1. The van der Waals surface area contributed by atoms with Gasteiger partial charge in [0.15, 0.2) is 0 Å². The van der Waals surface area contributed by atoms with Crippen LogP contribution in [-0.4, -0.2) is 19.3 Å². The monoisotopic (exact) mass is 348 g/mol. The first-order valence-electron chi connectivity index (χ1n) is 7.04. The lowest BCUT2D eigenvalue weighted by molar-refractivity contribution is -0.118. The Hall–Kier alpha value is -2.12. The van der Waals surface area contributed by atoms with Crippen LogP contribution in [0.5, 0.6) is 0 Å². The van der Waals surface area contributed by atoms with Crippen molar-refractivity contribution in [3.63, 3.8) is 0 Å². The number of thiophene rings is 1. The summed E-state index contributed by atoms with van der Waals surface area (Å²) >= 11 is 1.14. The summed E-state index contributed by atoms with van der Waals surface area (Å²) in [4.78, 5) is 16.1. The van der Waals surface area contributed by atoms with Gasteiger partial charge in [0.1, 0.15) is 4.21 Å². The molecule has 0 aliphatic heterocycles. The predicted molar refractivity (Wildman–Crippen MR) is 91.1 cm³/mol.